The Labute approximate surface area is 354 Å². The molecule has 0 unspecified atom stereocenters. The molecule has 11 aromatic rings. The number of hydrogen-bond acceptors (Lipinski definition) is 3. The van der Waals surface area contributed by atoms with E-state index in [9.17, 15) is 0 Å². The Morgan fingerprint density at radius 3 is 1.85 bits per heavy atom. The monoisotopic (exact) mass is 780 g/mol. The van der Waals surface area contributed by atoms with Gasteiger partial charge in [0.25, 0.3) is 0 Å². The Bertz CT molecular complexity index is 3490. The highest BCUT2D eigenvalue weighted by atomic mass is 16.3. The quantitative estimate of drug-likeness (QED) is 0.157. The van der Waals surface area contributed by atoms with Crippen LogP contribution in [0.15, 0.2) is 211 Å². The molecule has 10 aromatic carbocycles. The second-order valence-electron chi connectivity index (χ2n) is 16.7. The summed E-state index contributed by atoms with van der Waals surface area (Å²) in [5.41, 5.74) is 15.8. The molecule has 0 saturated carbocycles. The van der Waals surface area contributed by atoms with E-state index >= 15 is 0 Å². The first-order valence-electron chi connectivity index (χ1n) is 21.0. The number of hydrogen-bond donors (Lipinski definition) is 0. The molecule has 1 heterocycles. The first-order chi connectivity index (χ1) is 30.0. The molecule has 12 rings (SSSR count). The summed E-state index contributed by atoms with van der Waals surface area (Å²) in [6.07, 6.45) is 0. The van der Waals surface area contributed by atoms with Crippen LogP contribution in [0.2, 0.25) is 0 Å². The van der Waals surface area contributed by atoms with Crippen molar-refractivity contribution in [1.29, 1.82) is 0 Å². The summed E-state index contributed by atoms with van der Waals surface area (Å²) in [6, 6.07) is 74.4. The van der Waals surface area contributed by atoms with Crippen LogP contribution in [0.1, 0.15) is 25.0 Å². The average Bonchev–Trinajstić information content (AvgIpc) is 3.86. The first kappa shape index (κ1) is 35.2. The van der Waals surface area contributed by atoms with Crippen molar-refractivity contribution < 1.29 is 4.42 Å². The summed E-state index contributed by atoms with van der Waals surface area (Å²) in [7, 11) is 0. The van der Waals surface area contributed by atoms with Gasteiger partial charge in [0.1, 0.15) is 5.52 Å². The van der Waals surface area contributed by atoms with Crippen LogP contribution >= 0.6 is 0 Å². The molecule has 0 atom stereocenters. The maximum Gasteiger partial charge on any atom is 0.227 e. The van der Waals surface area contributed by atoms with Gasteiger partial charge in [-0.05, 0) is 133 Å². The maximum absolute atomic E-state index is 6.69. The molecule has 3 heteroatoms. The minimum Gasteiger partial charge on any atom is -0.435 e. The van der Waals surface area contributed by atoms with Crippen LogP contribution in [-0.4, -0.2) is 4.98 Å². The zero-order valence-electron chi connectivity index (χ0n) is 33.9. The second-order valence-corrected chi connectivity index (χ2v) is 16.7. The molecule has 3 nitrogen and oxygen atoms in total. The molecule has 0 spiro atoms. The van der Waals surface area contributed by atoms with E-state index in [-0.39, 0.29) is 5.41 Å². The molecule has 0 saturated heterocycles. The Kier molecular flexibility index (Phi) is 7.88. The molecule has 0 N–H and O–H groups in total. The number of rotatable bonds is 6. The molecule has 288 valence electrons. The third-order valence-corrected chi connectivity index (χ3v) is 12.8. The van der Waals surface area contributed by atoms with Gasteiger partial charge < -0.3 is 9.32 Å². The Morgan fingerprint density at radius 1 is 0.410 bits per heavy atom. The predicted octanol–water partition coefficient (Wildman–Crippen LogP) is 16.1. The fourth-order valence-corrected chi connectivity index (χ4v) is 9.84. The lowest BCUT2D eigenvalue weighted by Crippen LogP contribution is -2.16. The summed E-state index contributed by atoms with van der Waals surface area (Å²) in [4.78, 5) is 7.36. The van der Waals surface area contributed by atoms with Gasteiger partial charge in [0.05, 0.1) is 0 Å². The van der Waals surface area contributed by atoms with Gasteiger partial charge in [0.2, 0.25) is 5.89 Å². The molecular weight excluding hydrogens is 741 g/mol. The van der Waals surface area contributed by atoms with Crippen LogP contribution in [0.5, 0.6) is 0 Å². The first-order valence-corrected chi connectivity index (χ1v) is 21.0. The summed E-state index contributed by atoms with van der Waals surface area (Å²) in [6.45, 7) is 4.76. The highest BCUT2D eigenvalue weighted by molar-refractivity contribution is 6.28. The Hall–Kier alpha value is -7.75. The Balaban J connectivity index is 1.00. The van der Waals surface area contributed by atoms with Crippen molar-refractivity contribution in [2.75, 3.05) is 4.90 Å². The fourth-order valence-electron chi connectivity index (χ4n) is 9.84. The molecule has 1 aliphatic rings. The molecule has 0 bridgehead atoms. The summed E-state index contributed by atoms with van der Waals surface area (Å²) in [5, 5.41) is 7.02. The van der Waals surface area contributed by atoms with Crippen molar-refractivity contribution in [3.8, 4) is 44.8 Å². The highest BCUT2D eigenvalue weighted by Gasteiger charge is 2.36. The van der Waals surface area contributed by atoms with Crippen LogP contribution in [0.3, 0.4) is 0 Å². The maximum atomic E-state index is 6.69. The van der Waals surface area contributed by atoms with Crippen LogP contribution in [0.25, 0.3) is 88.3 Å². The SMILES string of the molecule is CC1(C)c2cc(-c3cc4ccccc4c4c3ccc3ccc5nc(-c6ccccc6)oc5c34)ccc2-c2ccc(N(c3ccccc3)c3cccc(-c4ccccc4)c3)cc21. The molecule has 61 heavy (non-hydrogen) atoms. The van der Waals surface area contributed by atoms with E-state index in [1.165, 1.54) is 66.1 Å². The van der Waals surface area contributed by atoms with E-state index < -0.39 is 0 Å². The minimum absolute atomic E-state index is 0.246. The van der Waals surface area contributed by atoms with Gasteiger partial charge in [-0.1, -0.05) is 153 Å². The van der Waals surface area contributed by atoms with Gasteiger partial charge in [0, 0.05) is 38.8 Å². The van der Waals surface area contributed by atoms with Crippen molar-refractivity contribution in [2.45, 2.75) is 19.3 Å². The molecule has 0 radical (unpaired) electrons. The van der Waals surface area contributed by atoms with Gasteiger partial charge in [-0.25, -0.2) is 4.98 Å². The van der Waals surface area contributed by atoms with E-state index in [1.54, 1.807) is 0 Å². The van der Waals surface area contributed by atoms with Gasteiger partial charge in [-0.3, -0.25) is 0 Å². The third-order valence-electron chi connectivity index (χ3n) is 12.8. The van der Waals surface area contributed by atoms with Gasteiger partial charge in [-0.2, -0.15) is 0 Å². The standard InChI is InChI=1S/C58H40N2O/c1-58(2)51-35-42(50-34-41-19-12-13-24-46(41)55-49(50)30-25-38-27-32-53-56(54(38)55)61-57(59-53)39-17-8-4-9-18-39)26-29-47(51)48-31-28-45(36-52(48)58)60(43-21-10-5-11-22-43)44-23-14-20-40(33-44)37-15-6-3-7-16-37/h3-36H,1-2H3. The second kappa shape index (κ2) is 13.7. The Morgan fingerprint density at radius 2 is 1.05 bits per heavy atom. The average molecular weight is 781 g/mol. The van der Waals surface area contributed by atoms with E-state index in [4.69, 9.17) is 9.40 Å². The lowest BCUT2D eigenvalue weighted by molar-refractivity contribution is 0.623. The number of benzene rings is 10. The number of aromatic nitrogens is 1. The lowest BCUT2D eigenvalue weighted by Gasteiger charge is -2.28. The minimum atomic E-state index is -0.246. The summed E-state index contributed by atoms with van der Waals surface area (Å²) in [5.74, 6) is 0.636. The lowest BCUT2D eigenvalue weighted by atomic mass is 9.81. The van der Waals surface area contributed by atoms with E-state index in [0.717, 1.165) is 44.5 Å². The smallest absolute Gasteiger partial charge is 0.227 e. The zero-order chi connectivity index (χ0) is 40.7. The van der Waals surface area contributed by atoms with Gasteiger partial charge in [0.15, 0.2) is 5.58 Å². The number of para-hydroxylation sites is 1. The topological polar surface area (TPSA) is 29.3 Å². The predicted molar refractivity (Wildman–Crippen MR) is 255 cm³/mol. The van der Waals surface area contributed by atoms with Crippen molar-refractivity contribution in [2.24, 2.45) is 0 Å². The van der Waals surface area contributed by atoms with E-state index in [2.05, 4.69) is 207 Å². The van der Waals surface area contributed by atoms with Crippen molar-refractivity contribution >= 4 is 60.5 Å². The largest absolute Gasteiger partial charge is 0.435 e. The highest BCUT2D eigenvalue weighted by Crippen LogP contribution is 2.52. The molecular formula is C58H40N2O. The summed E-state index contributed by atoms with van der Waals surface area (Å²) < 4.78 is 6.69. The number of nitrogens with zero attached hydrogens (tertiary/aromatic N) is 2. The molecule has 0 amide bonds. The molecule has 1 aliphatic carbocycles. The number of oxazole rings is 1. The van der Waals surface area contributed by atoms with E-state index in [0.29, 0.717) is 5.89 Å². The third kappa shape index (κ3) is 5.62. The zero-order valence-corrected chi connectivity index (χ0v) is 33.9. The number of fused-ring (bicyclic) bond motifs is 10. The van der Waals surface area contributed by atoms with Gasteiger partial charge >= 0.3 is 0 Å². The van der Waals surface area contributed by atoms with Crippen molar-refractivity contribution in [1.82, 2.24) is 4.98 Å². The van der Waals surface area contributed by atoms with Crippen LogP contribution in [0.4, 0.5) is 17.1 Å². The molecule has 0 fully saturated rings. The van der Waals surface area contributed by atoms with Crippen molar-refractivity contribution in [3.63, 3.8) is 0 Å². The van der Waals surface area contributed by atoms with Gasteiger partial charge in [-0.15, -0.1) is 0 Å². The van der Waals surface area contributed by atoms with E-state index in [1.807, 2.05) is 18.2 Å². The molecule has 1 aromatic heterocycles. The summed E-state index contributed by atoms with van der Waals surface area (Å²) >= 11 is 0. The molecule has 0 aliphatic heterocycles. The fraction of sp³-hybridized carbons (Fsp3) is 0.0517. The van der Waals surface area contributed by atoms with Crippen LogP contribution in [0, 0.1) is 0 Å². The number of anilines is 3. The van der Waals surface area contributed by atoms with Crippen LogP contribution in [-0.2, 0) is 5.41 Å². The van der Waals surface area contributed by atoms with Crippen LogP contribution < -0.4 is 4.90 Å². The normalized spacial score (nSPS) is 12.9. The van der Waals surface area contributed by atoms with Crippen molar-refractivity contribution in [3.05, 3.63) is 217 Å².